The molecular formula is AgCuO2Sn. The molecule has 0 unspecified atom stereocenters. The zero-order chi connectivity index (χ0) is 4.00. The number of hydrogen-bond acceptors (Lipinski definition) is 2. The minimum atomic E-state index is 0. The molecule has 0 aliphatic carbocycles. The molecule has 0 bridgehead atoms. The van der Waals surface area contributed by atoms with Crippen molar-refractivity contribution in [3.63, 3.8) is 0 Å². The van der Waals surface area contributed by atoms with Crippen LogP contribution in [0.3, 0.4) is 0 Å². The predicted octanol–water partition coefficient (Wildman–Crippen LogP) is -0.623. The van der Waals surface area contributed by atoms with Gasteiger partial charge in [-0.15, -0.1) is 0 Å². The van der Waals surface area contributed by atoms with Gasteiger partial charge >= 0.3 is 45.4 Å². The molecule has 0 fully saturated rings. The number of rotatable bonds is 0. The predicted molar refractivity (Wildman–Crippen MR) is 7.13 cm³/mol. The van der Waals surface area contributed by atoms with Crippen LogP contribution in [0.25, 0.3) is 0 Å². The summed E-state index contributed by atoms with van der Waals surface area (Å²) in [5.74, 6) is 0. The molecule has 0 atom stereocenters. The fourth-order valence-corrected chi connectivity index (χ4v) is 0. The Morgan fingerprint density at radius 1 is 1.20 bits per heavy atom. The van der Waals surface area contributed by atoms with Crippen LogP contribution in [0, 0.1) is 0 Å². The number of hydrogen-bond donors (Lipinski definition) is 0. The topological polar surface area (TPSA) is 34.1 Å². The van der Waals surface area contributed by atoms with E-state index in [9.17, 15) is 0 Å². The van der Waals surface area contributed by atoms with Crippen LogP contribution in [0.5, 0.6) is 0 Å². The molecule has 0 N–H and O–H groups in total. The van der Waals surface area contributed by atoms with Crippen molar-refractivity contribution in [3.05, 3.63) is 0 Å². The first kappa shape index (κ1) is 15.9. The molecule has 0 spiro atoms. The van der Waals surface area contributed by atoms with Crippen molar-refractivity contribution in [2.75, 3.05) is 0 Å². The van der Waals surface area contributed by atoms with E-state index in [0.29, 0.717) is 22.5 Å². The fourth-order valence-electron chi connectivity index (χ4n) is 0. The van der Waals surface area contributed by atoms with Crippen molar-refractivity contribution in [1.29, 1.82) is 0 Å². The molecule has 5 heavy (non-hydrogen) atoms. The van der Waals surface area contributed by atoms with Crippen LogP contribution >= 0.6 is 0 Å². The monoisotopic (exact) mass is 322 g/mol. The van der Waals surface area contributed by atoms with Gasteiger partial charge in [0.15, 0.2) is 0 Å². The molecule has 0 rings (SSSR count). The van der Waals surface area contributed by atoms with Gasteiger partial charge in [-0.25, -0.2) is 0 Å². The Hall–Kier alpha value is 1.66. The van der Waals surface area contributed by atoms with Gasteiger partial charge in [0.05, 0.1) is 0 Å². The average molecular weight is 322 g/mol. The Kier molecular flexibility index (Phi) is 142. The van der Waals surface area contributed by atoms with Crippen molar-refractivity contribution in [2.24, 2.45) is 0 Å². The van der Waals surface area contributed by atoms with E-state index in [0.717, 1.165) is 0 Å². The van der Waals surface area contributed by atoms with Gasteiger partial charge in [0, 0.05) is 22.4 Å². The quantitative estimate of drug-likeness (QED) is 0.557. The molecule has 0 aromatic carbocycles. The van der Waals surface area contributed by atoms with Crippen molar-refractivity contribution < 1.29 is 45.2 Å². The minimum absolute atomic E-state index is 0. The van der Waals surface area contributed by atoms with Gasteiger partial charge in [0.2, 0.25) is 0 Å². The molecule has 0 aromatic heterocycles. The molecule has 38 valence electrons. The molecule has 2 nitrogen and oxygen atoms in total. The first-order valence-electron chi connectivity index (χ1n) is 0.327. The van der Waals surface area contributed by atoms with Gasteiger partial charge < -0.3 is 0 Å². The van der Waals surface area contributed by atoms with Crippen molar-refractivity contribution in [1.82, 2.24) is 0 Å². The zero-order valence-corrected chi connectivity index (χ0v) is 7.20. The van der Waals surface area contributed by atoms with E-state index in [2.05, 4.69) is 15.9 Å². The van der Waals surface area contributed by atoms with Crippen LogP contribution in [0.1, 0.15) is 0 Å². The molecule has 0 saturated carbocycles. The summed E-state index contributed by atoms with van der Waals surface area (Å²) in [5, 5.41) is 0. The summed E-state index contributed by atoms with van der Waals surface area (Å²) < 4.78 is 16.2. The van der Waals surface area contributed by atoms with Crippen molar-refractivity contribution in [2.45, 2.75) is 0 Å². The Balaban J connectivity index is -0.0000000133. The second-order valence-corrected chi connectivity index (χ2v) is 0. The summed E-state index contributed by atoms with van der Waals surface area (Å²) in [7, 11) is 0. The molecular weight excluding hydrogens is 322 g/mol. The maximum atomic E-state index is 8.34. The van der Waals surface area contributed by atoms with Gasteiger partial charge in [-0.1, -0.05) is 0 Å². The molecule has 0 amide bonds. The second-order valence-electron chi connectivity index (χ2n) is 0. The molecule has 0 aromatic rings. The maximum absolute atomic E-state index is 8.34. The summed E-state index contributed by atoms with van der Waals surface area (Å²) in [4.78, 5) is 0. The van der Waals surface area contributed by atoms with Gasteiger partial charge in [-0.3, -0.25) is 0 Å². The van der Waals surface area contributed by atoms with Crippen molar-refractivity contribution >= 4 is 22.5 Å². The normalized spacial score (nSPS) is 2.00. The van der Waals surface area contributed by atoms with Gasteiger partial charge in [-0.2, -0.15) is 0 Å². The Morgan fingerprint density at radius 3 is 1.20 bits per heavy atom. The Bertz CT molecular complexity index is 11.6. The molecule has 5 heteroatoms. The van der Waals surface area contributed by atoms with E-state index in [-0.39, 0.29) is 22.4 Å². The van der Waals surface area contributed by atoms with Crippen LogP contribution in [0.4, 0.5) is 0 Å². The first-order valence-corrected chi connectivity index (χ1v) is 1.88. The molecule has 0 aliphatic heterocycles. The van der Waals surface area contributed by atoms with Gasteiger partial charge in [0.25, 0.3) is 0 Å². The average Bonchev–Trinajstić information content (AvgIpc) is 1.50. The zero-order valence-electron chi connectivity index (χ0n) is 1.92. The van der Waals surface area contributed by atoms with Crippen LogP contribution in [0.2, 0.25) is 0 Å². The summed E-state index contributed by atoms with van der Waals surface area (Å²) in [6.45, 7) is 0. The van der Waals surface area contributed by atoms with E-state index in [4.69, 9.17) is 6.91 Å². The van der Waals surface area contributed by atoms with E-state index < -0.39 is 0 Å². The Morgan fingerprint density at radius 2 is 1.20 bits per heavy atom. The van der Waals surface area contributed by atoms with E-state index in [1.807, 2.05) is 0 Å². The van der Waals surface area contributed by atoms with E-state index in [1.165, 1.54) is 0 Å². The van der Waals surface area contributed by atoms with Crippen LogP contribution in [-0.4, -0.2) is 22.5 Å². The van der Waals surface area contributed by atoms with Crippen LogP contribution in [-0.2, 0) is 45.2 Å². The molecule has 3 radical (unpaired) electrons. The summed E-state index contributed by atoms with van der Waals surface area (Å²) in [6.07, 6.45) is 0. The summed E-state index contributed by atoms with van der Waals surface area (Å²) in [5.41, 5.74) is 0. The van der Waals surface area contributed by atoms with Gasteiger partial charge in [0.1, 0.15) is 0 Å². The Labute approximate surface area is 67.1 Å². The fraction of sp³-hybridized carbons (Fsp3) is 0. The van der Waals surface area contributed by atoms with Crippen LogP contribution in [0.15, 0.2) is 0 Å². The molecule has 0 heterocycles. The third kappa shape index (κ3) is 27.5. The van der Waals surface area contributed by atoms with Crippen LogP contribution < -0.4 is 0 Å². The van der Waals surface area contributed by atoms with E-state index in [1.54, 1.807) is 0 Å². The first-order chi connectivity index (χ1) is 2.00. The summed E-state index contributed by atoms with van der Waals surface area (Å²) >= 11 is 3.24. The SMILES string of the molecule is [Ag].[O]=[Cu].[O]=[Sn]. The van der Waals surface area contributed by atoms with Gasteiger partial charge in [-0.05, 0) is 0 Å². The molecule has 0 aliphatic rings. The van der Waals surface area contributed by atoms with Crippen molar-refractivity contribution in [3.8, 4) is 0 Å². The standard InChI is InChI=1S/Ag.Cu.2O.Sn. The second kappa shape index (κ2) is 44.6. The third-order valence-corrected chi connectivity index (χ3v) is 0. The van der Waals surface area contributed by atoms with E-state index >= 15 is 0 Å². The molecule has 0 saturated heterocycles. The summed E-state index contributed by atoms with van der Waals surface area (Å²) in [6, 6.07) is 0. The third-order valence-electron chi connectivity index (χ3n) is 0.